The molecule has 0 amide bonds. The van der Waals surface area contributed by atoms with Gasteiger partial charge in [0.05, 0.1) is 5.69 Å². The van der Waals surface area contributed by atoms with Crippen LogP contribution in [-0.2, 0) is 0 Å². The Bertz CT molecular complexity index is 506. The van der Waals surface area contributed by atoms with Crippen molar-refractivity contribution in [2.45, 2.75) is 31.7 Å². The van der Waals surface area contributed by atoms with Crippen molar-refractivity contribution in [3.05, 3.63) is 29.8 Å². The largest absolute Gasteiger partial charge is 0.359 e. The molecule has 2 N–H and O–H groups in total. The molecule has 0 radical (unpaired) electrons. The van der Waals surface area contributed by atoms with E-state index in [2.05, 4.69) is 10.6 Å². The normalized spacial score (nSPS) is 28.4. The van der Waals surface area contributed by atoms with Crippen molar-refractivity contribution in [3.63, 3.8) is 0 Å². The Morgan fingerprint density at radius 1 is 1.21 bits per heavy atom. The first-order valence-electron chi connectivity index (χ1n) is 6.64. The molecule has 0 unspecified atom stereocenters. The molecule has 1 aromatic carbocycles. The van der Waals surface area contributed by atoms with Crippen LogP contribution in [0.25, 0.3) is 0 Å². The lowest BCUT2D eigenvalue weighted by Gasteiger charge is -2.24. The molecule has 0 heterocycles. The van der Waals surface area contributed by atoms with Crippen molar-refractivity contribution < 1.29 is 8.78 Å². The summed E-state index contributed by atoms with van der Waals surface area (Å²) in [5.41, 5.74) is 0.210. The van der Waals surface area contributed by atoms with Crippen LogP contribution in [0.5, 0.6) is 0 Å². The van der Waals surface area contributed by atoms with Gasteiger partial charge in [-0.1, -0.05) is 6.42 Å². The molecule has 2 aliphatic rings. The van der Waals surface area contributed by atoms with Gasteiger partial charge in [0.2, 0.25) is 0 Å². The number of benzene rings is 1. The summed E-state index contributed by atoms with van der Waals surface area (Å²) in [7, 11) is 0. The van der Waals surface area contributed by atoms with Crippen LogP contribution < -0.4 is 10.6 Å². The quantitative estimate of drug-likeness (QED) is 0.813. The van der Waals surface area contributed by atoms with Crippen molar-refractivity contribution >= 4 is 23.0 Å². The summed E-state index contributed by atoms with van der Waals surface area (Å²) in [6, 6.07) is 3.83. The summed E-state index contributed by atoms with van der Waals surface area (Å²) in [4.78, 5) is 0. The lowest BCUT2D eigenvalue weighted by atomic mass is 9.96. The Morgan fingerprint density at radius 2 is 2.05 bits per heavy atom. The first-order valence-corrected chi connectivity index (χ1v) is 7.05. The van der Waals surface area contributed by atoms with Gasteiger partial charge in [-0.05, 0) is 55.4 Å². The van der Waals surface area contributed by atoms with Crippen LogP contribution in [0.15, 0.2) is 18.2 Å². The molecular formula is C14H16F2N2S. The van der Waals surface area contributed by atoms with E-state index in [0.717, 1.165) is 18.4 Å². The number of nitrogens with one attached hydrogen (secondary N) is 2. The molecule has 0 aromatic heterocycles. The summed E-state index contributed by atoms with van der Waals surface area (Å²) in [5, 5.41) is 6.48. The Hall–Kier alpha value is -1.23. The molecule has 0 aliphatic heterocycles. The Morgan fingerprint density at radius 3 is 2.68 bits per heavy atom. The summed E-state index contributed by atoms with van der Waals surface area (Å²) in [6.07, 6.45) is 5.02. The molecule has 0 saturated heterocycles. The molecule has 19 heavy (non-hydrogen) atoms. The highest BCUT2D eigenvalue weighted by Gasteiger charge is 2.39. The number of anilines is 1. The number of rotatable bonds is 2. The Labute approximate surface area is 116 Å². The highest BCUT2D eigenvalue weighted by atomic mass is 32.1. The van der Waals surface area contributed by atoms with Gasteiger partial charge in [-0.25, -0.2) is 8.78 Å². The van der Waals surface area contributed by atoms with Crippen LogP contribution in [0.2, 0.25) is 0 Å². The van der Waals surface area contributed by atoms with E-state index in [1.807, 2.05) is 0 Å². The van der Waals surface area contributed by atoms with Gasteiger partial charge in [-0.15, -0.1) is 0 Å². The number of fused-ring (bicyclic) bond motifs is 2. The van der Waals surface area contributed by atoms with Crippen molar-refractivity contribution in [1.29, 1.82) is 0 Å². The van der Waals surface area contributed by atoms with E-state index < -0.39 is 11.6 Å². The highest BCUT2D eigenvalue weighted by molar-refractivity contribution is 7.80. The maximum absolute atomic E-state index is 13.5. The second-order valence-electron chi connectivity index (χ2n) is 5.50. The molecule has 102 valence electrons. The molecule has 0 spiro atoms. The van der Waals surface area contributed by atoms with Crippen LogP contribution in [0.1, 0.15) is 25.7 Å². The lowest BCUT2D eigenvalue weighted by Crippen LogP contribution is -2.40. The van der Waals surface area contributed by atoms with Crippen molar-refractivity contribution in [1.82, 2.24) is 5.32 Å². The second-order valence-corrected chi connectivity index (χ2v) is 5.91. The molecule has 3 rings (SSSR count). The Balaban J connectivity index is 1.59. The van der Waals surface area contributed by atoms with Crippen molar-refractivity contribution in [2.75, 3.05) is 5.32 Å². The van der Waals surface area contributed by atoms with Crippen LogP contribution >= 0.6 is 12.2 Å². The fraction of sp³-hybridized carbons (Fsp3) is 0.500. The zero-order chi connectivity index (χ0) is 13.4. The first kappa shape index (κ1) is 12.8. The molecule has 2 aliphatic carbocycles. The van der Waals surface area contributed by atoms with Crippen LogP contribution in [0.4, 0.5) is 14.5 Å². The predicted octanol–water partition coefficient (Wildman–Crippen LogP) is 3.44. The standard InChI is InChI=1S/C14H16F2N2S/c15-10-3-4-12(11(16)7-10)17-14(19)18-13-6-8-1-2-9(13)5-8/h3-4,7-9,13H,1-2,5-6H2,(H2,17,18,19)/t8-,9-,13-/m1/s1. The number of hydrogen-bond donors (Lipinski definition) is 2. The predicted molar refractivity (Wildman–Crippen MR) is 75.0 cm³/mol. The topological polar surface area (TPSA) is 24.1 Å². The van der Waals surface area contributed by atoms with Crippen molar-refractivity contribution in [3.8, 4) is 0 Å². The zero-order valence-electron chi connectivity index (χ0n) is 10.5. The van der Waals surface area contributed by atoms with Crippen LogP contribution in [0, 0.1) is 23.5 Å². The van der Waals surface area contributed by atoms with Gasteiger partial charge in [0.25, 0.3) is 0 Å². The lowest BCUT2D eigenvalue weighted by molar-refractivity contribution is 0.391. The molecule has 2 nitrogen and oxygen atoms in total. The molecule has 2 bridgehead atoms. The van der Waals surface area contributed by atoms with Crippen LogP contribution in [-0.4, -0.2) is 11.2 Å². The van der Waals surface area contributed by atoms with E-state index in [4.69, 9.17) is 12.2 Å². The number of thiocarbonyl (C=S) groups is 1. The third-order valence-corrected chi connectivity index (χ3v) is 4.45. The summed E-state index contributed by atoms with van der Waals surface area (Å²) >= 11 is 5.20. The minimum atomic E-state index is -0.628. The molecule has 2 fully saturated rings. The monoisotopic (exact) mass is 282 g/mol. The minimum Gasteiger partial charge on any atom is -0.359 e. The van der Waals surface area contributed by atoms with Crippen LogP contribution in [0.3, 0.4) is 0 Å². The molecule has 3 atom stereocenters. The maximum Gasteiger partial charge on any atom is 0.171 e. The van der Waals surface area contributed by atoms with E-state index in [1.165, 1.54) is 31.4 Å². The summed E-state index contributed by atoms with van der Waals surface area (Å²) in [5.74, 6) is 0.308. The van der Waals surface area contributed by atoms with Gasteiger partial charge >= 0.3 is 0 Å². The zero-order valence-corrected chi connectivity index (χ0v) is 11.3. The third kappa shape index (κ3) is 2.71. The molecule has 2 saturated carbocycles. The molecular weight excluding hydrogens is 266 g/mol. The SMILES string of the molecule is Fc1ccc(NC(=S)N[C@@H]2C[C@@H]3CC[C@@H]2C3)c(F)c1. The van der Waals surface area contributed by atoms with Gasteiger partial charge in [0.15, 0.2) is 5.11 Å². The van der Waals surface area contributed by atoms with E-state index in [0.29, 0.717) is 17.1 Å². The summed E-state index contributed by atoms with van der Waals surface area (Å²) in [6.45, 7) is 0. The summed E-state index contributed by atoms with van der Waals surface area (Å²) < 4.78 is 26.3. The van der Waals surface area contributed by atoms with E-state index in [1.54, 1.807) is 0 Å². The third-order valence-electron chi connectivity index (χ3n) is 4.23. The fourth-order valence-electron chi connectivity index (χ4n) is 3.34. The minimum absolute atomic E-state index is 0.210. The van der Waals surface area contributed by atoms with E-state index >= 15 is 0 Å². The Kier molecular flexibility index (Phi) is 3.39. The van der Waals surface area contributed by atoms with Gasteiger partial charge in [0.1, 0.15) is 11.6 Å². The number of hydrogen-bond acceptors (Lipinski definition) is 1. The van der Waals surface area contributed by atoms with E-state index in [-0.39, 0.29) is 5.69 Å². The molecule has 1 aromatic rings. The van der Waals surface area contributed by atoms with Crippen molar-refractivity contribution in [2.24, 2.45) is 11.8 Å². The average molecular weight is 282 g/mol. The smallest absolute Gasteiger partial charge is 0.171 e. The average Bonchev–Trinajstić information content (AvgIpc) is 2.95. The number of halogens is 2. The van der Waals surface area contributed by atoms with Gasteiger partial charge in [0, 0.05) is 12.1 Å². The van der Waals surface area contributed by atoms with Gasteiger partial charge in [-0.3, -0.25) is 0 Å². The van der Waals surface area contributed by atoms with E-state index in [9.17, 15) is 8.78 Å². The maximum atomic E-state index is 13.5. The van der Waals surface area contributed by atoms with Gasteiger partial charge in [-0.2, -0.15) is 0 Å². The fourth-order valence-corrected chi connectivity index (χ4v) is 3.60. The first-order chi connectivity index (χ1) is 9.11. The second kappa shape index (κ2) is 5.04. The van der Waals surface area contributed by atoms with Gasteiger partial charge < -0.3 is 10.6 Å². The highest BCUT2D eigenvalue weighted by Crippen LogP contribution is 2.44. The molecule has 5 heteroatoms.